The van der Waals surface area contributed by atoms with Crippen LogP contribution < -0.4 is 5.32 Å². The summed E-state index contributed by atoms with van der Waals surface area (Å²) in [5.41, 5.74) is -0.0453. The Hall–Kier alpha value is -0.0500. The third kappa shape index (κ3) is 10.3. The first-order valence-electron chi connectivity index (χ1n) is 9.01. The van der Waals surface area contributed by atoms with E-state index in [4.69, 9.17) is 0 Å². The minimum Gasteiger partial charge on any atom is -0.350 e. The largest absolute Gasteiger partial charge is 0.350 e. The lowest BCUT2D eigenvalue weighted by Crippen LogP contribution is -2.49. The molecule has 0 bridgehead atoms. The molecule has 0 saturated carbocycles. The monoisotopic (exact) mass is 361 g/mol. The molecule has 0 radical (unpaired) electrons. The van der Waals surface area contributed by atoms with Crippen LogP contribution in [0.15, 0.2) is 0 Å². The molecule has 0 aliphatic heterocycles. The average molecular weight is 362 g/mol. The van der Waals surface area contributed by atoms with Crippen LogP contribution in [0.3, 0.4) is 0 Å². The molecule has 1 amide bonds. The Morgan fingerprint density at radius 3 is 1.76 bits per heavy atom. The molecule has 0 heterocycles. The highest BCUT2D eigenvalue weighted by Gasteiger charge is 2.26. The zero-order chi connectivity index (χ0) is 16.0. The molecule has 2 nitrogen and oxygen atoms in total. The highest BCUT2D eigenvalue weighted by atomic mass is 79.9. The van der Waals surface area contributed by atoms with Gasteiger partial charge >= 0.3 is 0 Å². The van der Waals surface area contributed by atoms with Gasteiger partial charge in [-0.1, -0.05) is 88.1 Å². The Morgan fingerprint density at radius 2 is 1.33 bits per heavy atom. The predicted octanol–water partition coefficient (Wildman–Crippen LogP) is 5.98. The number of hydrogen-bond acceptors (Lipinski definition) is 1. The Balaban J connectivity index is 3.58. The summed E-state index contributed by atoms with van der Waals surface area (Å²) >= 11 is 3.54. The van der Waals surface area contributed by atoms with E-state index in [0.29, 0.717) is 6.42 Å². The predicted molar refractivity (Wildman–Crippen MR) is 97.1 cm³/mol. The van der Waals surface area contributed by atoms with Crippen LogP contribution in [0.25, 0.3) is 0 Å². The third-order valence-electron chi connectivity index (χ3n) is 4.52. The first-order chi connectivity index (χ1) is 10.1. The van der Waals surface area contributed by atoms with Crippen molar-refractivity contribution in [2.45, 2.75) is 103 Å². The van der Waals surface area contributed by atoms with Crippen LogP contribution in [0.2, 0.25) is 0 Å². The quantitative estimate of drug-likeness (QED) is 0.299. The zero-order valence-electron chi connectivity index (χ0n) is 14.5. The fourth-order valence-electron chi connectivity index (χ4n) is 2.60. The van der Waals surface area contributed by atoms with Gasteiger partial charge in [-0.25, -0.2) is 0 Å². The Morgan fingerprint density at radius 1 is 0.857 bits per heavy atom. The molecule has 0 aromatic carbocycles. The lowest BCUT2D eigenvalue weighted by molar-refractivity contribution is -0.123. The van der Waals surface area contributed by atoms with Crippen molar-refractivity contribution in [1.82, 2.24) is 5.32 Å². The van der Waals surface area contributed by atoms with Crippen molar-refractivity contribution >= 4 is 21.8 Å². The van der Waals surface area contributed by atoms with Crippen LogP contribution in [0.1, 0.15) is 97.8 Å². The van der Waals surface area contributed by atoms with E-state index in [2.05, 4.69) is 42.0 Å². The molecule has 0 saturated heterocycles. The number of halogens is 1. The van der Waals surface area contributed by atoms with Crippen LogP contribution in [0.5, 0.6) is 0 Å². The van der Waals surface area contributed by atoms with Crippen molar-refractivity contribution in [3.63, 3.8) is 0 Å². The number of hydrogen-bond donors (Lipinski definition) is 1. The fourth-order valence-corrected chi connectivity index (χ4v) is 3.54. The summed E-state index contributed by atoms with van der Waals surface area (Å²) in [7, 11) is 0. The number of carbonyl (C=O) groups is 1. The van der Waals surface area contributed by atoms with Crippen molar-refractivity contribution < 1.29 is 4.79 Å². The topological polar surface area (TPSA) is 29.1 Å². The summed E-state index contributed by atoms with van der Waals surface area (Å²) in [4.78, 5) is 12.0. The molecule has 0 spiro atoms. The maximum atomic E-state index is 12.0. The fraction of sp³-hybridized carbons (Fsp3) is 0.944. The second-order valence-corrected chi connectivity index (χ2v) is 6.81. The molecule has 0 aliphatic rings. The highest BCUT2D eigenvalue weighted by Crippen LogP contribution is 2.18. The molecule has 0 aromatic rings. The molecule has 0 unspecified atom stereocenters. The summed E-state index contributed by atoms with van der Waals surface area (Å²) in [5.74, 6) is 0.223. The molecule has 0 atom stereocenters. The van der Waals surface area contributed by atoms with Crippen molar-refractivity contribution in [3.8, 4) is 0 Å². The van der Waals surface area contributed by atoms with E-state index in [1.165, 1.54) is 51.4 Å². The Bertz CT molecular complexity index is 243. The van der Waals surface area contributed by atoms with Gasteiger partial charge in [0.25, 0.3) is 0 Å². The second-order valence-electron chi connectivity index (χ2n) is 6.25. The van der Waals surface area contributed by atoms with Gasteiger partial charge in [0.05, 0.1) is 0 Å². The SMILES string of the molecule is CCCCCCCCCCCC(=O)NC(CC)(CC)CBr. The standard InChI is InChI=1S/C18H36BrNO/c1-4-7-8-9-10-11-12-13-14-15-17(21)20-18(5-2,6-3)16-19/h4-16H2,1-3H3,(H,20,21). The van der Waals surface area contributed by atoms with Gasteiger partial charge in [0.2, 0.25) is 5.91 Å². The van der Waals surface area contributed by atoms with E-state index < -0.39 is 0 Å². The molecular weight excluding hydrogens is 326 g/mol. The van der Waals surface area contributed by atoms with E-state index in [0.717, 1.165) is 24.6 Å². The maximum Gasteiger partial charge on any atom is 0.220 e. The summed E-state index contributed by atoms with van der Waals surface area (Å²) in [6.45, 7) is 6.54. The maximum absolute atomic E-state index is 12.0. The number of alkyl halides is 1. The summed E-state index contributed by atoms with van der Waals surface area (Å²) in [6.07, 6.45) is 14.3. The zero-order valence-corrected chi connectivity index (χ0v) is 16.1. The second kappa shape index (κ2) is 13.6. The molecule has 0 fully saturated rings. The van der Waals surface area contributed by atoms with E-state index in [1.807, 2.05) is 0 Å². The van der Waals surface area contributed by atoms with Gasteiger partial charge in [-0.2, -0.15) is 0 Å². The van der Waals surface area contributed by atoms with Crippen molar-refractivity contribution in [2.24, 2.45) is 0 Å². The van der Waals surface area contributed by atoms with Crippen molar-refractivity contribution in [2.75, 3.05) is 5.33 Å². The Kier molecular flexibility index (Phi) is 13.6. The number of unbranched alkanes of at least 4 members (excludes halogenated alkanes) is 8. The van der Waals surface area contributed by atoms with E-state index in [1.54, 1.807) is 0 Å². The minimum atomic E-state index is -0.0453. The highest BCUT2D eigenvalue weighted by molar-refractivity contribution is 9.09. The Labute approximate surface area is 141 Å². The van der Waals surface area contributed by atoms with Gasteiger partial charge in [0.1, 0.15) is 0 Å². The summed E-state index contributed by atoms with van der Waals surface area (Å²) < 4.78 is 0. The van der Waals surface area contributed by atoms with Crippen LogP contribution >= 0.6 is 15.9 Å². The van der Waals surface area contributed by atoms with Gasteiger partial charge in [-0.15, -0.1) is 0 Å². The molecule has 0 rings (SSSR count). The number of carbonyl (C=O) groups excluding carboxylic acids is 1. The van der Waals surface area contributed by atoms with Crippen LogP contribution in [0.4, 0.5) is 0 Å². The number of nitrogens with one attached hydrogen (secondary N) is 1. The molecule has 126 valence electrons. The third-order valence-corrected chi connectivity index (χ3v) is 5.59. The molecule has 21 heavy (non-hydrogen) atoms. The van der Waals surface area contributed by atoms with Crippen molar-refractivity contribution in [1.29, 1.82) is 0 Å². The lowest BCUT2D eigenvalue weighted by Gasteiger charge is -2.31. The first-order valence-corrected chi connectivity index (χ1v) is 10.1. The van der Waals surface area contributed by atoms with Gasteiger partial charge in [-0.3, -0.25) is 4.79 Å². The van der Waals surface area contributed by atoms with Crippen LogP contribution in [-0.4, -0.2) is 16.8 Å². The first kappa shape index (κ1) is 20.9. The van der Waals surface area contributed by atoms with Gasteiger partial charge < -0.3 is 5.32 Å². The molecule has 0 aromatic heterocycles. The van der Waals surface area contributed by atoms with Gasteiger partial charge in [0, 0.05) is 17.3 Å². The average Bonchev–Trinajstić information content (AvgIpc) is 2.51. The molecular formula is C18H36BrNO. The van der Waals surface area contributed by atoms with E-state index >= 15 is 0 Å². The van der Waals surface area contributed by atoms with Gasteiger partial charge in [-0.05, 0) is 19.3 Å². The minimum absolute atomic E-state index is 0.0453. The van der Waals surface area contributed by atoms with Crippen LogP contribution in [-0.2, 0) is 4.79 Å². The van der Waals surface area contributed by atoms with Crippen LogP contribution in [0, 0.1) is 0 Å². The number of rotatable bonds is 14. The van der Waals surface area contributed by atoms with E-state index in [9.17, 15) is 4.79 Å². The summed E-state index contributed by atoms with van der Waals surface area (Å²) in [5, 5.41) is 4.06. The normalized spacial score (nSPS) is 11.6. The smallest absolute Gasteiger partial charge is 0.220 e. The molecule has 3 heteroatoms. The van der Waals surface area contributed by atoms with Gasteiger partial charge in [0.15, 0.2) is 0 Å². The number of amides is 1. The van der Waals surface area contributed by atoms with Crippen molar-refractivity contribution in [3.05, 3.63) is 0 Å². The van der Waals surface area contributed by atoms with E-state index in [-0.39, 0.29) is 11.4 Å². The lowest BCUT2D eigenvalue weighted by atomic mass is 9.95. The summed E-state index contributed by atoms with van der Waals surface area (Å²) in [6, 6.07) is 0. The molecule has 0 aliphatic carbocycles. The molecule has 1 N–H and O–H groups in total.